The van der Waals surface area contributed by atoms with Crippen molar-refractivity contribution in [3.63, 3.8) is 0 Å². The van der Waals surface area contributed by atoms with E-state index in [-0.39, 0.29) is 5.78 Å². The van der Waals surface area contributed by atoms with Crippen LogP contribution in [0, 0.1) is 12.3 Å². The highest BCUT2D eigenvalue weighted by molar-refractivity contribution is 6.48. The molecule has 0 aliphatic rings. The lowest BCUT2D eigenvalue weighted by Crippen LogP contribution is -2.08. The summed E-state index contributed by atoms with van der Waals surface area (Å²) >= 11 is 0. The highest BCUT2D eigenvalue weighted by Crippen LogP contribution is 2.33. The van der Waals surface area contributed by atoms with Gasteiger partial charge in [0.1, 0.15) is 0 Å². The van der Waals surface area contributed by atoms with E-state index in [4.69, 9.17) is 6.42 Å². The maximum absolute atomic E-state index is 14.2. The molecular formula is C31H22O. The molecule has 0 aliphatic heterocycles. The standard InChI is InChI=1S/C31H22O/c1-2-28(25-17-9-4-10-18-25)30(27-21-13-6-14-22-27)31(32)29(26-19-11-5-12-20-26)23-24-15-7-3-8-16-24/h1,3-23H/b29-23+,30-28+. The van der Waals surface area contributed by atoms with Gasteiger partial charge >= 0.3 is 0 Å². The van der Waals surface area contributed by atoms with Crippen LogP contribution in [0.3, 0.4) is 0 Å². The maximum Gasteiger partial charge on any atom is 0.195 e. The van der Waals surface area contributed by atoms with Crippen molar-refractivity contribution in [2.75, 3.05) is 0 Å². The Morgan fingerprint density at radius 3 is 1.53 bits per heavy atom. The molecule has 32 heavy (non-hydrogen) atoms. The summed E-state index contributed by atoms with van der Waals surface area (Å²) in [5.74, 6) is 2.69. The number of carbonyl (C=O) groups excluding carboxylic acids is 1. The molecule has 0 bridgehead atoms. The molecule has 1 heteroatoms. The Hall–Kier alpha value is -4.41. The Balaban J connectivity index is 1.97. The van der Waals surface area contributed by atoms with Crippen molar-refractivity contribution in [3.8, 4) is 12.3 Å². The number of hydrogen-bond donors (Lipinski definition) is 0. The number of hydrogen-bond acceptors (Lipinski definition) is 1. The fraction of sp³-hybridized carbons (Fsp3) is 0. The van der Waals surface area contributed by atoms with Gasteiger partial charge in [-0.3, -0.25) is 4.79 Å². The molecule has 0 fully saturated rings. The molecule has 152 valence electrons. The Morgan fingerprint density at radius 2 is 1.03 bits per heavy atom. The first-order valence-corrected chi connectivity index (χ1v) is 10.5. The van der Waals surface area contributed by atoms with E-state index in [1.54, 1.807) is 0 Å². The van der Waals surface area contributed by atoms with Gasteiger partial charge in [0, 0.05) is 16.7 Å². The maximum atomic E-state index is 14.2. The third kappa shape index (κ3) is 4.67. The minimum absolute atomic E-state index is 0.108. The quantitative estimate of drug-likeness (QED) is 0.189. The molecule has 0 unspecified atom stereocenters. The third-order valence-electron chi connectivity index (χ3n) is 5.19. The first-order chi connectivity index (χ1) is 15.8. The van der Waals surface area contributed by atoms with Crippen LogP contribution in [0.1, 0.15) is 22.3 Å². The SMILES string of the molecule is C#C/C(=C(\C(=O)/C(=C/c1ccccc1)c1ccccc1)c1ccccc1)c1ccccc1. The Morgan fingerprint density at radius 1 is 0.594 bits per heavy atom. The lowest BCUT2D eigenvalue weighted by molar-refractivity contribution is -0.108. The molecule has 0 radical (unpaired) electrons. The first kappa shape index (κ1) is 20.8. The number of benzene rings is 4. The van der Waals surface area contributed by atoms with Crippen LogP contribution in [-0.4, -0.2) is 5.78 Å². The molecule has 0 aliphatic carbocycles. The van der Waals surface area contributed by atoms with E-state index in [1.165, 1.54) is 0 Å². The lowest BCUT2D eigenvalue weighted by atomic mass is 9.86. The normalized spacial score (nSPS) is 11.9. The van der Waals surface area contributed by atoms with Crippen molar-refractivity contribution in [2.45, 2.75) is 0 Å². The number of ketones is 1. The summed E-state index contributed by atoms with van der Waals surface area (Å²) in [5, 5.41) is 0. The van der Waals surface area contributed by atoms with Gasteiger partial charge in [-0.1, -0.05) is 127 Å². The highest BCUT2D eigenvalue weighted by atomic mass is 16.1. The second-order valence-electron chi connectivity index (χ2n) is 7.29. The van der Waals surface area contributed by atoms with Crippen LogP contribution < -0.4 is 0 Å². The molecule has 4 aromatic carbocycles. The predicted molar refractivity (Wildman–Crippen MR) is 134 cm³/mol. The number of terminal acetylenes is 1. The summed E-state index contributed by atoms with van der Waals surface area (Å²) in [4.78, 5) is 14.2. The van der Waals surface area contributed by atoms with Crippen molar-refractivity contribution in [2.24, 2.45) is 0 Å². The Labute approximate surface area is 189 Å². The summed E-state index contributed by atoms with van der Waals surface area (Å²) in [5.41, 5.74) is 5.13. The van der Waals surface area contributed by atoms with E-state index in [0.717, 1.165) is 22.3 Å². The van der Waals surface area contributed by atoms with E-state index < -0.39 is 0 Å². The van der Waals surface area contributed by atoms with E-state index in [1.807, 2.05) is 127 Å². The monoisotopic (exact) mass is 410 g/mol. The van der Waals surface area contributed by atoms with Crippen molar-refractivity contribution in [1.29, 1.82) is 0 Å². The molecular weight excluding hydrogens is 388 g/mol. The van der Waals surface area contributed by atoms with Gasteiger partial charge in [-0.2, -0.15) is 0 Å². The second-order valence-corrected chi connectivity index (χ2v) is 7.29. The number of Topliss-reactive ketones (excluding diaryl/α,β-unsaturated/α-hetero) is 1. The molecule has 0 spiro atoms. The van der Waals surface area contributed by atoms with Crippen molar-refractivity contribution >= 4 is 28.6 Å². The lowest BCUT2D eigenvalue weighted by Gasteiger charge is -2.15. The van der Waals surface area contributed by atoms with Crippen LogP contribution in [-0.2, 0) is 4.79 Å². The van der Waals surface area contributed by atoms with Gasteiger partial charge in [-0.15, -0.1) is 6.42 Å². The highest BCUT2D eigenvalue weighted by Gasteiger charge is 2.22. The van der Waals surface area contributed by atoms with Gasteiger partial charge in [0.15, 0.2) is 5.78 Å². The molecule has 4 aromatic rings. The summed E-state index contributed by atoms with van der Waals surface area (Å²) < 4.78 is 0. The second kappa shape index (κ2) is 10.1. The van der Waals surface area contributed by atoms with Gasteiger partial charge in [0.05, 0.1) is 0 Å². The summed E-state index contributed by atoms with van der Waals surface area (Å²) in [6.45, 7) is 0. The number of allylic oxidation sites excluding steroid dienone is 3. The fourth-order valence-corrected chi connectivity index (χ4v) is 3.65. The van der Waals surface area contributed by atoms with E-state index in [2.05, 4.69) is 5.92 Å². The van der Waals surface area contributed by atoms with Gasteiger partial charge in [-0.05, 0) is 28.3 Å². The molecule has 4 rings (SSSR count). The smallest absolute Gasteiger partial charge is 0.195 e. The average molecular weight is 411 g/mol. The van der Waals surface area contributed by atoms with Crippen molar-refractivity contribution in [1.82, 2.24) is 0 Å². The van der Waals surface area contributed by atoms with Crippen LogP contribution >= 0.6 is 0 Å². The zero-order valence-corrected chi connectivity index (χ0v) is 17.6. The number of rotatable bonds is 6. The molecule has 0 saturated carbocycles. The average Bonchev–Trinajstić information content (AvgIpc) is 2.87. The van der Waals surface area contributed by atoms with Crippen LogP contribution in [0.5, 0.6) is 0 Å². The van der Waals surface area contributed by atoms with Crippen LogP contribution in [0.2, 0.25) is 0 Å². The number of carbonyl (C=O) groups is 1. The summed E-state index contributed by atoms with van der Waals surface area (Å²) in [6.07, 6.45) is 7.92. The van der Waals surface area contributed by atoms with Gasteiger partial charge in [0.2, 0.25) is 0 Å². The van der Waals surface area contributed by atoms with Crippen molar-refractivity contribution in [3.05, 3.63) is 144 Å². The van der Waals surface area contributed by atoms with E-state index in [9.17, 15) is 4.79 Å². The molecule has 0 saturated heterocycles. The predicted octanol–water partition coefficient (Wildman–Crippen LogP) is 7.04. The van der Waals surface area contributed by atoms with Gasteiger partial charge < -0.3 is 0 Å². The third-order valence-corrected chi connectivity index (χ3v) is 5.19. The zero-order valence-electron chi connectivity index (χ0n) is 17.6. The minimum Gasteiger partial charge on any atom is -0.289 e. The van der Waals surface area contributed by atoms with Crippen molar-refractivity contribution < 1.29 is 4.79 Å². The Kier molecular flexibility index (Phi) is 6.56. The Bertz CT molecular complexity index is 1290. The van der Waals surface area contributed by atoms with Crippen LogP contribution in [0.25, 0.3) is 22.8 Å². The minimum atomic E-state index is -0.108. The zero-order chi connectivity index (χ0) is 22.2. The molecule has 1 nitrogen and oxygen atoms in total. The van der Waals surface area contributed by atoms with Gasteiger partial charge in [-0.25, -0.2) is 0 Å². The summed E-state index contributed by atoms with van der Waals surface area (Å²) in [6, 6.07) is 38.9. The molecule has 0 N–H and O–H groups in total. The molecule has 0 amide bonds. The fourth-order valence-electron chi connectivity index (χ4n) is 3.65. The molecule has 0 aromatic heterocycles. The largest absolute Gasteiger partial charge is 0.289 e. The van der Waals surface area contributed by atoms with E-state index >= 15 is 0 Å². The van der Waals surface area contributed by atoms with Crippen LogP contribution in [0.4, 0.5) is 0 Å². The summed E-state index contributed by atoms with van der Waals surface area (Å²) in [7, 11) is 0. The molecule has 0 heterocycles. The molecule has 0 atom stereocenters. The van der Waals surface area contributed by atoms with Crippen LogP contribution in [0.15, 0.2) is 121 Å². The van der Waals surface area contributed by atoms with Gasteiger partial charge in [0.25, 0.3) is 0 Å². The van der Waals surface area contributed by atoms with E-state index in [0.29, 0.717) is 16.7 Å². The topological polar surface area (TPSA) is 17.1 Å². The first-order valence-electron chi connectivity index (χ1n) is 10.5.